The lowest BCUT2D eigenvalue weighted by atomic mass is 9.87. The van der Waals surface area contributed by atoms with Gasteiger partial charge in [-0.15, -0.1) is 0 Å². The Morgan fingerprint density at radius 1 is 1.43 bits per heavy atom. The van der Waals surface area contributed by atoms with Gasteiger partial charge in [0.2, 0.25) is 0 Å². The van der Waals surface area contributed by atoms with Crippen molar-refractivity contribution < 1.29 is 4.21 Å². The Kier molecular flexibility index (Phi) is 5.10. The SMILES string of the molecule is CCCS(=O)C1CC(C)CCC1NC. The molecule has 2 nitrogen and oxygen atoms in total. The number of hydrogen-bond donors (Lipinski definition) is 1. The minimum Gasteiger partial charge on any atom is -0.316 e. The van der Waals surface area contributed by atoms with E-state index in [2.05, 4.69) is 19.2 Å². The van der Waals surface area contributed by atoms with Gasteiger partial charge in [0.05, 0.1) is 5.25 Å². The zero-order valence-corrected chi connectivity index (χ0v) is 10.4. The Labute approximate surface area is 90.3 Å². The molecule has 1 aliphatic carbocycles. The van der Waals surface area contributed by atoms with Crippen LogP contribution in [0, 0.1) is 5.92 Å². The lowest BCUT2D eigenvalue weighted by molar-refractivity contribution is 0.325. The molecule has 1 fully saturated rings. The molecule has 1 aliphatic rings. The van der Waals surface area contributed by atoms with Gasteiger partial charge < -0.3 is 5.32 Å². The fourth-order valence-electron chi connectivity index (χ4n) is 2.30. The molecular weight excluding hydrogens is 194 g/mol. The van der Waals surface area contributed by atoms with Gasteiger partial charge in [-0.2, -0.15) is 0 Å². The maximum atomic E-state index is 12.0. The molecule has 0 saturated heterocycles. The summed E-state index contributed by atoms with van der Waals surface area (Å²) in [5, 5.41) is 3.71. The van der Waals surface area contributed by atoms with Crippen LogP contribution in [0.1, 0.15) is 39.5 Å². The molecule has 1 rings (SSSR count). The molecule has 1 saturated carbocycles. The first-order valence-electron chi connectivity index (χ1n) is 5.73. The van der Waals surface area contributed by atoms with Crippen molar-refractivity contribution in [3.63, 3.8) is 0 Å². The fraction of sp³-hybridized carbons (Fsp3) is 1.00. The van der Waals surface area contributed by atoms with Gasteiger partial charge >= 0.3 is 0 Å². The summed E-state index contributed by atoms with van der Waals surface area (Å²) in [6, 6.07) is 0.485. The van der Waals surface area contributed by atoms with E-state index in [0.717, 1.165) is 24.5 Å². The normalized spacial score (nSPS) is 35.5. The average Bonchev–Trinajstić information content (AvgIpc) is 2.18. The smallest absolute Gasteiger partial charge is 0.0503 e. The van der Waals surface area contributed by atoms with Crippen LogP contribution in [0.5, 0.6) is 0 Å². The van der Waals surface area contributed by atoms with E-state index >= 15 is 0 Å². The molecule has 1 N–H and O–H groups in total. The molecule has 3 heteroatoms. The first kappa shape index (κ1) is 12.2. The van der Waals surface area contributed by atoms with E-state index in [1.165, 1.54) is 12.8 Å². The molecule has 0 heterocycles. The fourth-order valence-corrected chi connectivity index (χ4v) is 4.19. The van der Waals surface area contributed by atoms with Crippen LogP contribution >= 0.6 is 0 Å². The Morgan fingerprint density at radius 3 is 2.71 bits per heavy atom. The summed E-state index contributed by atoms with van der Waals surface area (Å²) in [6.07, 6.45) is 4.65. The Bertz CT molecular complexity index is 196. The molecule has 0 radical (unpaired) electrons. The van der Waals surface area contributed by atoms with Crippen LogP contribution in [-0.4, -0.2) is 28.3 Å². The minimum atomic E-state index is -0.620. The average molecular weight is 217 g/mol. The maximum Gasteiger partial charge on any atom is 0.0503 e. The van der Waals surface area contributed by atoms with Crippen molar-refractivity contribution in [2.45, 2.75) is 50.8 Å². The lowest BCUT2D eigenvalue weighted by Gasteiger charge is -2.34. The summed E-state index contributed by atoms with van der Waals surface area (Å²) in [5.41, 5.74) is 0. The van der Waals surface area contributed by atoms with Gasteiger partial charge in [0, 0.05) is 22.6 Å². The van der Waals surface area contributed by atoms with Gasteiger partial charge in [0.25, 0.3) is 0 Å². The molecule has 0 aromatic carbocycles. The second-order valence-corrected chi connectivity index (χ2v) is 6.21. The van der Waals surface area contributed by atoms with Crippen LogP contribution in [0.2, 0.25) is 0 Å². The van der Waals surface area contributed by atoms with Crippen molar-refractivity contribution >= 4 is 10.8 Å². The second kappa shape index (κ2) is 5.86. The van der Waals surface area contributed by atoms with Gasteiger partial charge in [-0.05, 0) is 38.6 Å². The number of nitrogens with one attached hydrogen (secondary N) is 1. The highest BCUT2D eigenvalue weighted by atomic mass is 32.2. The lowest BCUT2D eigenvalue weighted by Crippen LogP contribution is -2.45. The Morgan fingerprint density at radius 2 is 2.14 bits per heavy atom. The number of rotatable bonds is 4. The summed E-state index contributed by atoms with van der Waals surface area (Å²) < 4.78 is 12.0. The molecule has 0 bridgehead atoms. The topological polar surface area (TPSA) is 29.1 Å². The van der Waals surface area contributed by atoms with E-state index in [1.807, 2.05) is 7.05 Å². The highest BCUT2D eigenvalue weighted by Gasteiger charge is 2.31. The maximum absolute atomic E-state index is 12.0. The molecule has 14 heavy (non-hydrogen) atoms. The summed E-state index contributed by atoms with van der Waals surface area (Å²) in [4.78, 5) is 0. The van der Waals surface area contributed by atoms with Crippen molar-refractivity contribution in [1.29, 1.82) is 0 Å². The van der Waals surface area contributed by atoms with Crippen LogP contribution in [0.4, 0.5) is 0 Å². The predicted octanol–water partition coefficient (Wildman–Crippen LogP) is 1.92. The van der Waals surface area contributed by atoms with Crippen LogP contribution < -0.4 is 5.32 Å². The van der Waals surface area contributed by atoms with E-state index < -0.39 is 10.8 Å². The molecule has 4 atom stereocenters. The first-order chi connectivity index (χ1) is 6.69. The van der Waals surface area contributed by atoms with E-state index in [0.29, 0.717) is 11.3 Å². The van der Waals surface area contributed by atoms with Gasteiger partial charge in [-0.25, -0.2) is 0 Å². The van der Waals surface area contributed by atoms with Crippen LogP contribution in [-0.2, 0) is 10.8 Å². The molecule has 0 aliphatic heterocycles. The zero-order chi connectivity index (χ0) is 10.6. The minimum absolute atomic E-state index is 0.392. The third kappa shape index (κ3) is 3.06. The van der Waals surface area contributed by atoms with Crippen molar-refractivity contribution in [2.75, 3.05) is 12.8 Å². The van der Waals surface area contributed by atoms with Crippen molar-refractivity contribution in [3.8, 4) is 0 Å². The summed E-state index contributed by atoms with van der Waals surface area (Å²) in [7, 11) is 1.38. The van der Waals surface area contributed by atoms with Crippen LogP contribution in [0.25, 0.3) is 0 Å². The van der Waals surface area contributed by atoms with Crippen molar-refractivity contribution in [2.24, 2.45) is 5.92 Å². The van der Waals surface area contributed by atoms with Gasteiger partial charge in [-0.1, -0.05) is 13.8 Å². The Hall–Kier alpha value is 0.110. The highest BCUT2D eigenvalue weighted by molar-refractivity contribution is 7.85. The van der Waals surface area contributed by atoms with Crippen LogP contribution in [0.3, 0.4) is 0 Å². The quantitative estimate of drug-likeness (QED) is 0.779. The van der Waals surface area contributed by atoms with E-state index in [-0.39, 0.29) is 0 Å². The number of hydrogen-bond acceptors (Lipinski definition) is 2. The zero-order valence-electron chi connectivity index (χ0n) is 9.58. The predicted molar refractivity (Wildman–Crippen MR) is 63.0 cm³/mol. The summed E-state index contributed by atoms with van der Waals surface area (Å²) in [6.45, 7) is 4.39. The largest absolute Gasteiger partial charge is 0.316 e. The molecule has 4 unspecified atom stereocenters. The van der Waals surface area contributed by atoms with E-state index in [4.69, 9.17) is 0 Å². The Balaban J connectivity index is 2.56. The summed E-state index contributed by atoms with van der Waals surface area (Å²) in [5.74, 6) is 1.63. The molecule has 0 aromatic rings. The molecular formula is C11H23NOS. The van der Waals surface area contributed by atoms with Gasteiger partial charge in [-0.3, -0.25) is 4.21 Å². The second-order valence-electron chi connectivity index (χ2n) is 4.44. The monoisotopic (exact) mass is 217 g/mol. The van der Waals surface area contributed by atoms with Gasteiger partial charge in [0.1, 0.15) is 0 Å². The van der Waals surface area contributed by atoms with Crippen LogP contribution in [0.15, 0.2) is 0 Å². The molecule has 84 valence electrons. The molecule has 0 amide bonds. The molecule has 0 spiro atoms. The third-order valence-electron chi connectivity index (χ3n) is 3.17. The standard InChI is InChI=1S/C11H23NOS/c1-4-7-14(13)11-8-9(2)5-6-10(11)12-3/h9-12H,4-8H2,1-3H3. The molecule has 0 aromatic heterocycles. The first-order valence-corrected chi connectivity index (χ1v) is 7.11. The van der Waals surface area contributed by atoms with Gasteiger partial charge in [0.15, 0.2) is 0 Å². The summed E-state index contributed by atoms with van der Waals surface area (Å²) >= 11 is 0. The highest BCUT2D eigenvalue weighted by Crippen LogP contribution is 2.27. The van der Waals surface area contributed by atoms with E-state index in [9.17, 15) is 4.21 Å². The van der Waals surface area contributed by atoms with Crippen molar-refractivity contribution in [1.82, 2.24) is 5.32 Å². The van der Waals surface area contributed by atoms with Crippen molar-refractivity contribution in [3.05, 3.63) is 0 Å². The van der Waals surface area contributed by atoms with E-state index in [1.54, 1.807) is 0 Å². The third-order valence-corrected chi connectivity index (χ3v) is 5.17.